The molecule has 0 fully saturated rings. The number of hydrogen-bond donors (Lipinski definition) is 1. The van der Waals surface area contributed by atoms with Gasteiger partial charge in [-0.3, -0.25) is 4.79 Å². The van der Waals surface area contributed by atoms with Gasteiger partial charge in [-0.25, -0.2) is 4.39 Å². The van der Waals surface area contributed by atoms with Crippen LogP contribution in [-0.2, 0) is 4.79 Å². The molecule has 1 aromatic carbocycles. The van der Waals surface area contributed by atoms with E-state index in [1.165, 1.54) is 12.1 Å². The quantitative estimate of drug-likeness (QED) is 0.582. The van der Waals surface area contributed by atoms with Crippen molar-refractivity contribution in [3.05, 3.63) is 27.6 Å². The Kier molecular flexibility index (Phi) is 4.46. The lowest BCUT2D eigenvalue weighted by Crippen LogP contribution is -2.27. The summed E-state index contributed by atoms with van der Waals surface area (Å²) in [6.45, 7) is 0. The normalized spacial score (nSPS) is 11.3. The van der Waals surface area contributed by atoms with Gasteiger partial charge in [0.2, 0.25) is 0 Å². The van der Waals surface area contributed by atoms with Crippen LogP contribution >= 0.6 is 57.4 Å². The monoisotopic (exact) mass is 381 g/mol. The Balaban J connectivity index is 2.87. The van der Waals surface area contributed by atoms with Gasteiger partial charge in [-0.1, -0.05) is 34.8 Å². The highest BCUT2D eigenvalue weighted by molar-refractivity contribution is 14.1. The molecule has 0 atom stereocenters. The molecule has 0 aliphatic heterocycles. The number of amides is 1. The van der Waals surface area contributed by atoms with Crippen molar-refractivity contribution in [2.45, 2.75) is 3.79 Å². The number of nitrogens with one attached hydrogen (secondary N) is 1. The van der Waals surface area contributed by atoms with Gasteiger partial charge < -0.3 is 5.32 Å². The van der Waals surface area contributed by atoms with Crippen LogP contribution in [0.4, 0.5) is 10.1 Å². The second-order valence-corrected chi connectivity index (χ2v) is 6.10. The maximum absolute atomic E-state index is 13.3. The molecule has 1 amide bonds. The van der Waals surface area contributed by atoms with Crippen molar-refractivity contribution in [1.82, 2.24) is 0 Å². The van der Waals surface area contributed by atoms with Crippen LogP contribution in [0.2, 0.25) is 0 Å². The molecule has 0 aliphatic rings. The topological polar surface area (TPSA) is 29.1 Å². The van der Waals surface area contributed by atoms with E-state index in [0.717, 1.165) is 0 Å². The van der Waals surface area contributed by atoms with Crippen LogP contribution in [0.25, 0.3) is 0 Å². The van der Waals surface area contributed by atoms with E-state index in [-0.39, 0.29) is 5.69 Å². The molecule has 0 saturated carbocycles. The van der Waals surface area contributed by atoms with E-state index in [1.54, 1.807) is 6.07 Å². The highest BCUT2D eigenvalue weighted by atomic mass is 127. The third-order valence-electron chi connectivity index (χ3n) is 1.44. The first kappa shape index (κ1) is 13.3. The van der Waals surface area contributed by atoms with Gasteiger partial charge in [0.15, 0.2) is 0 Å². The van der Waals surface area contributed by atoms with Gasteiger partial charge >= 0.3 is 0 Å². The zero-order valence-corrected chi connectivity index (χ0v) is 11.5. The maximum atomic E-state index is 13.3. The van der Waals surface area contributed by atoms with E-state index < -0.39 is 15.5 Å². The van der Waals surface area contributed by atoms with Crippen LogP contribution < -0.4 is 5.32 Å². The number of carbonyl (C=O) groups excluding carboxylic acids is 1. The van der Waals surface area contributed by atoms with Crippen molar-refractivity contribution < 1.29 is 9.18 Å². The average molecular weight is 382 g/mol. The zero-order valence-electron chi connectivity index (χ0n) is 7.03. The number of hydrogen-bond acceptors (Lipinski definition) is 1. The molecule has 0 saturated heterocycles. The van der Waals surface area contributed by atoms with Gasteiger partial charge in [-0.05, 0) is 40.8 Å². The summed E-state index contributed by atoms with van der Waals surface area (Å²) in [7, 11) is 0. The number of benzene rings is 1. The highest BCUT2D eigenvalue weighted by Crippen LogP contribution is 2.28. The van der Waals surface area contributed by atoms with Crippen LogP contribution in [0.1, 0.15) is 0 Å². The molecule has 82 valence electrons. The fraction of sp³-hybridized carbons (Fsp3) is 0.125. The second-order valence-electron chi connectivity index (χ2n) is 2.58. The Morgan fingerprint density at radius 2 is 2.00 bits per heavy atom. The number of alkyl halides is 3. The first-order valence-corrected chi connectivity index (χ1v) is 5.85. The lowest BCUT2D eigenvalue weighted by atomic mass is 10.3. The molecule has 0 aliphatic carbocycles. The van der Waals surface area contributed by atoms with Crippen molar-refractivity contribution in [2.75, 3.05) is 5.32 Å². The summed E-state index contributed by atoms with van der Waals surface area (Å²) in [6.07, 6.45) is 0. The second kappa shape index (κ2) is 5.03. The number of carbonyl (C=O) groups is 1. The van der Waals surface area contributed by atoms with Crippen molar-refractivity contribution in [2.24, 2.45) is 0 Å². The average Bonchev–Trinajstić information content (AvgIpc) is 2.08. The van der Waals surface area contributed by atoms with Crippen LogP contribution in [0.5, 0.6) is 0 Å². The Bertz CT molecular complexity index is 394. The highest BCUT2D eigenvalue weighted by Gasteiger charge is 2.31. The minimum atomic E-state index is -2.10. The summed E-state index contributed by atoms with van der Waals surface area (Å²) < 4.78 is 11.9. The summed E-state index contributed by atoms with van der Waals surface area (Å²) in [6, 6.07) is 4.28. The number of rotatable bonds is 1. The van der Waals surface area contributed by atoms with Gasteiger partial charge in [0.1, 0.15) is 5.82 Å². The van der Waals surface area contributed by atoms with Crippen molar-refractivity contribution in [1.29, 1.82) is 0 Å². The molecule has 1 N–H and O–H groups in total. The van der Waals surface area contributed by atoms with Crippen LogP contribution in [0.3, 0.4) is 0 Å². The first-order chi connectivity index (χ1) is 6.80. The van der Waals surface area contributed by atoms with Gasteiger partial charge in [0, 0.05) is 3.57 Å². The van der Waals surface area contributed by atoms with Gasteiger partial charge in [0.25, 0.3) is 9.70 Å². The van der Waals surface area contributed by atoms with E-state index in [1.807, 2.05) is 22.6 Å². The Morgan fingerprint density at radius 3 is 2.47 bits per heavy atom. The molecule has 0 heterocycles. The third kappa shape index (κ3) is 3.94. The van der Waals surface area contributed by atoms with Crippen LogP contribution in [0, 0.1) is 9.39 Å². The third-order valence-corrected chi connectivity index (χ3v) is 2.62. The standard InChI is InChI=1S/C8H4Cl3FINO/c9-8(10,11)7(15)14-6-2-1-4(13)3-5(6)12/h1-3H,(H,14,15). The molecule has 2 nitrogen and oxygen atoms in total. The molecule has 0 aromatic heterocycles. The van der Waals surface area contributed by atoms with E-state index in [9.17, 15) is 9.18 Å². The molecule has 0 radical (unpaired) electrons. The Labute approximate surface area is 114 Å². The lowest BCUT2D eigenvalue weighted by molar-refractivity contribution is -0.115. The minimum Gasteiger partial charge on any atom is -0.320 e. The number of halogens is 5. The van der Waals surface area contributed by atoms with Crippen molar-refractivity contribution >= 4 is 69.0 Å². The lowest BCUT2D eigenvalue weighted by Gasteiger charge is -2.11. The van der Waals surface area contributed by atoms with Crippen LogP contribution in [-0.4, -0.2) is 9.70 Å². The fourth-order valence-electron chi connectivity index (χ4n) is 0.784. The summed E-state index contributed by atoms with van der Waals surface area (Å²) >= 11 is 17.9. The maximum Gasteiger partial charge on any atom is 0.276 e. The fourth-order valence-corrected chi connectivity index (χ4v) is 1.38. The smallest absolute Gasteiger partial charge is 0.276 e. The van der Waals surface area contributed by atoms with Gasteiger partial charge in [-0.15, -0.1) is 0 Å². The van der Waals surface area contributed by atoms with Crippen molar-refractivity contribution in [3.8, 4) is 0 Å². The molecule has 7 heteroatoms. The molecule has 0 spiro atoms. The summed E-state index contributed by atoms with van der Waals surface area (Å²) in [5.41, 5.74) is -0.0215. The molecule has 1 rings (SSSR count). The zero-order chi connectivity index (χ0) is 11.6. The molecule has 1 aromatic rings. The first-order valence-electron chi connectivity index (χ1n) is 3.64. The molecular weight excluding hydrogens is 378 g/mol. The summed E-state index contributed by atoms with van der Waals surface area (Å²) in [5, 5.41) is 2.16. The van der Waals surface area contributed by atoms with Gasteiger partial charge in [0.05, 0.1) is 5.69 Å². The summed E-state index contributed by atoms with van der Waals surface area (Å²) in [4.78, 5) is 11.2. The Morgan fingerprint density at radius 1 is 1.40 bits per heavy atom. The van der Waals surface area contributed by atoms with E-state index in [2.05, 4.69) is 5.32 Å². The Hall–Kier alpha value is 0.220. The van der Waals surface area contributed by atoms with Gasteiger partial charge in [-0.2, -0.15) is 0 Å². The SMILES string of the molecule is O=C(Nc1ccc(I)cc1F)C(Cl)(Cl)Cl. The molecule has 0 unspecified atom stereocenters. The largest absolute Gasteiger partial charge is 0.320 e. The minimum absolute atomic E-state index is 0.0215. The number of anilines is 1. The van der Waals surface area contributed by atoms with E-state index in [0.29, 0.717) is 3.57 Å². The molecule has 15 heavy (non-hydrogen) atoms. The predicted molar refractivity (Wildman–Crippen MR) is 68.0 cm³/mol. The summed E-state index contributed by atoms with van der Waals surface area (Å²) in [5.74, 6) is -1.47. The predicted octanol–water partition coefficient (Wildman–Crippen LogP) is 3.74. The van der Waals surface area contributed by atoms with Crippen molar-refractivity contribution in [3.63, 3.8) is 0 Å². The van der Waals surface area contributed by atoms with E-state index >= 15 is 0 Å². The van der Waals surface area contributed by atoms with E-state index in [4.69, 9.17) is 34.8 Å². The van der Waals surface area contributed by atoms with Crippen LogP contribution in [0.15, 0.2) is 18.2 Å². The molecule has 0 bridgehead atoms. The molecular formula is C8H4Cl3FINO.